The number of ether oxygens (including phenoxy) is 1. The van der Waals surface area contributed by atoms with Crippen LogP contribution in [0.3, 0.4) is 0 Å². The molecule has 0 saturated carbocycles. The quantitative estimate of drug-likeness (QED) is 0.773. The molecule has 1 amide bonds. The second kappa shape index (κ2) is 8.87. The number of carbonyl (C=O) groups is 2. The second-order valence-corrected chi connectivity index (χ2v) is 5.89. The molecular formula is C20H23NO4. The molecule has 0 spiro atoms. The van der Waals surface area contributed by atoms with Gasteiger partial charge in [0.25, 0.3) is 0 Å². The zero-order chi connectivity index (χ0) is 18.2. The molecule has 2 N–H and O–H groups in total. The summed E-state index contributed by atoms with van der Waals surface area (Å²) in [6.45, 7) is 1.91. The minimum Gasteiger partial charge on any atom is -0.496 e. The van der Waals surface area contributed by atoms with Crippen LogP contribution in [-0.2, 0) is 16.0 Å². The lowest BCUT2D eigenvalue weighted by atomic mass is 9.98. The highest BCUT2D eigenvalue weighted by molar-refractivity contribution is 5.78. The van der Waals surface area contributed by atoms with Crippen LogP contribution in [0.2, 0.25) is 0 Å². The van der Waals surface area contributed by atoms with E-state index >= 15 is 0 Å². The molecular weight excluding hydrogens is 318 g/mol. The van der Waals surface area contributed by atoms with Crippen molar-refractivity contribution in [3.05, 3.63) is 65.2 Å². The van der Waals surface area contributed by atoms with Gasteiger partial charge in [-0.2, -0.15) is 0 Å². The molecule has 0 aromatic heterocycles. The lowest BCUT2D eigenvalue weighted by molar-refractivity contribution is -0.137. The zero-order valence-corrected chi connectivity index (χ0v) is 14.5. The molecule has 5 heteroatoms. The minimum atomic E-state index is -0.946. The summed E-state index contributed by atoms with van der Waals surface area (Å²) in [5.41, 5.74) is 2.74. The lowest BCUT2D eigenvalue weighted by Gasteiger charge is -2.19. The van der Waals surface area contributed by atoms with Crippen molar-refractivity contribution < 1.29 is 19.4 Å². The van der Waals surface area contributed by atoms with Gasteiger partial charge in [0.05, 0.1) is 19.6 Å². The van der Waals surface area contributed by atoms with E-state index in [0.29, 0.717) is 6.42 Å². The van der Waals surface area contributed by atoms with Crippen molar-refractivity contribution in [1.82, 2.24) is 5.32 Å². The van der Waals surface area contributed by atoms with Crippen LogP contribution in [0.25, 0.3) is 0 Å². The van der Waals surface area contributed by atoms with Gasteiger partial charge in [-0.1, -0.05) is 42.5 Å². The monoisotopic (exact) mass is 341 g/mol. The van der Waals surface area contributed by atoms with Crippen LogP contribution in [0.15, 0.2) is 48.5 Å². The number of carbonyl (C=O) groups excluding carboxylic acids is 1. The average molecular weight is 341 g/mol. The third-order valence-electron chi connectivity index (χ3n) is 4.09. The van der Waals surface area contributed by atoms with Gasteiger partial charge in [-0.15, -0.1) is 0 Å². The van der Waals surface area contributed by atoms with Gasteiger partial charge in [0, 0.05) is 6.42 Å². The van der Waals surface area contributed by atoms with E-state index < -0.39 is 12.0 Å². The molecule has 0 bridgehead atoms. The maximum Gasteiger partial charge on any atom is 0.305 e. The molecule has 2 aromatic rings. The summed E-state index contributed by atoms with van der Waals surface area (Å²) in [6.07, 6.45) is 0.650. The number of carboxylic acid groups (broad SMARTS) is 1. The first-order valence-electron chi connectivity index (χ1n) is 8.20. The van der Waals surface area contributed by atoms with Crippen molar-refractivity contribution in [2.45, 2.75) is 32.2 Å². The maximum absolute atomic E-state index is 12.3. The van der Waals surface area contributed by atoms with Crippen molar-refractivity contribution in [3.63, 3.8) is 0 Å². The van der Waals surface area contributed by atoms with Crippen LogP contribution < -0.4 is 10.1 Å². The molecule has 0 fully saturated rings. The van der Waals surface area contributed by atoms with Gasteiger partial charge in [0.15, 0.2) is 0 Å². The van der Waals surface area contributed by atoms with Gasteiger partial charge in [-0.3, -0.25) is 9.59 Å². The van der Waals surface area contributed by atoms with Crippen molar-refractivity contribution in [2.75, 3.05) is 7.11 Å². The highest BCUT2D eigenvalue weighted by Crippen LogP contribution is 2.22. The van der Waals surface area contributed by atoms with Crippen LogP contribution in [0, 0.1) is 6.92 Å². The molecule has 0 radical (unpaired) electrons. The Bertz CT molecular complexity index is 742. The Balaban J connectivity index is 2.04. The predicted octanol–water partition coefficient (Wildman–Crippen LogP) is 3.27. The van der Waals surface area contributed by atoms with Crippen LogP contribution in [0.1, 0.15) is 35.6 Å². The molecule has 2 rings (SSSR count). The predicted molar refractivity (Wildman–Crippen MR) is 95.6 cm³/mol. The summed E-state index contributed by atoms with van der Waals surface area (Å²) in [5, 5.41) is 12.0. The maximum atomic E-state index is 12.3. The van der Waals surface area contributed by atoms with Crippen LogP contribution in [0.4, 0.5) is 0 Å². The largest absolute Gasteiger partial charge is 0.496 e. The number of rotatable bonds is 8. The Morgan fingerprint density at radius 3 is 2.48 bits per heavy atom. The van der Waals surface area contributed by atoms with Crippen molar-refractivity contribution in [3.8, 4) is 5.75 Å². The molecule has 132 valence electrons. The summed E-state index contributed by atoms with van der Waals surface area (Å²) in [6, 6.07) is 14.5. The first-order chi connectivity index (χ1) is 12.0. The molecule has 0 heterocycles. The Morgan fingerprint density at radius 2 is 1.80 bits per heavy atom. The SMILES string of the molecule is COc1ccccc1CCC(=O)NC(CC(=O)O)c1ccccc1C. The highest BCUT2D eigenvalue weighted by atomic mass is 16.5. The van der Waals surface area contributed by atoms with E-state index in [4.69, 9.17) is 9.84 Å². The van der Waals surface area contributed by atoms with Crippen LogP contribution >= 0.6 is 0 Å². The summed E-state index contributed by atoms with van der Waals surface area (Å²) < 4.78 is 5.29. The molecule has 1 atom stereocenters. The Kier molecular flexibility index (Phi) is 6.57. The normalized spacial score (nSPS) is 11.6. The summed E-state index contributed by atoms with van der Waals surface area (Å²) in [5.74, 6) is -0.380. The van der Waals surface area contributed by atoms with Gasteiger partial charge in [0.2, 0.25) is 5.91 Å². The van der Waals surface area contributed by atoms with E-state index in [1.54, 1.807) is 7.11 Å². The number of hydrogen-bond acceptors (Lipinski definition) is 3. The number of nitrogens with one attached hydrogen (secondary N) is 1. The number of hydrogen-bond donors (Lipinski definition) is 2. The standard InChI is InChI=1S/C20H23NO4/c1-14-7-3-5-9-16(14)17(13-20(23)24)21-19(22)12-11-15-8-4-6-10-18(15)25-2/h3-10,17H,11-13H2,1-2H3,(H,21,22)(H,23,24). The number of methoxy groups -OCH3 is 1. The molecule has 1 unspecified atom stereocenters. The van der Waals surface area contributed by atoms with Crippen molar-refractivity contribution in [2.24, 2.45) is 0 Å². The van der Waals surface area contributed by atoms with E-state index in [-0.39, 0.29) is 18.7 Å². The summed E-state index contributed by atoms with van der Waals surface area (Å²) >= 11 is 0. The molecule has 0 aliphatic rings. The van der Waals surface area contributed by atoms with Gasteiger partial charge in [-0.25, -0.2) is 0 Å². The second-order valence-electron chi connectivity index (χ2n) is 5.89. The van der Waals surface area contributed by atoms with Gasteiger partial charge < -0.3 is 15.2 Å². The molecule has 25 heavy (non-hydrogen) atoms. The van der Waals surface area contributed by atoms with Crippen molar-refractivity contribution in [1.29, 1.82) is 0 Å². The number of benzene rings is 2. The Labute approximate surface area is 147 Å². The molecule has 0 saturated heterocycles. The fourth-order valence-corrected chi connectivity index (χ4v) is 2.82. The van der Waals surface area contributed by atoms with Gasteiger partial charge in [-0.05, 0) is 36.1 Å². The Hall–Kier alpha value is -2.82. The first kappa shape index (κ1) is 18.5. The van der Waals surface area contributed by atoms with Crippen LogP contribution in [0.5, 0.6) is 5.75 Å². The third kappa shape index (κ3) is 5.35. The highest BCUT2D eigenvalue weighted by Gasteiger charge is 2.19. The van der Waals surface area contributed by atoms with E-state index in [1.807, 2.05) is 55.5 Å². The molecule has 5 nitrogen and oxygen atoms in total. The third-order valence-corrected chi connectivity index (χ3v) is 4.09. The summed E-state index contributed by atoms with van der Waals surface area (Å²) in [4.78, 5) is 23.5. The number of amides is 1. The first-order valence-corrected chi connectivity index (χ1v) is 8.20. The summed E-state index contributed by atoms with van der Waals surface area (Å²) in [7, 11) is 1.60. The lowest BCUT2D eigenvalue weighted by Crippen LogP contribution is -2.30. The van der Waals surface area contributed by atoms with Crippen molar-refractivity contribution >= 4 is 11.9 Å². The van der Waals surface area contributed by atoms with Gasteiger partial charge >= 0.3 is 5.97 Å². The number of aryl methyl sites for hydroxylation is 2. The fraction of sp³-hybridized carbons (Fsp3) is 0.300. The fourth-order valence-electron chi connectivity index (χ4n) is 2.82. The Morgan fingerprint density at radius 1 is 1.12 bits per heavy atom. The van der Waals surface area contributed by atoms with E-state index in [0.717, 1.165) is 22.4 Å². The molecule has 2 aromatic carbocycles. The number of aliphatic carboxylic acids is 1. The average Bonchev–Trinajstić information content (AvgIpc) is 2.59. The van der Waals surface area contributed by atoms with E-state index in [9.17, 15) is 9.59 Å². The van der Waals surface area contributed by atoms with E-state index in [2.05, 4.69) is 5.32 Å². The minimum absolute atomic E-state index is 0.148. The number of carboxylic acids is 1. The molecule has 0 aliphatic carbocycles. The topological polar surface area (TPSA) is 75.6 Å². The smallest absolute Gasteiger partial charge is 0.305 e. The zero-order valence-electron chi connectivity index (χ0n) is 14.5. The number of para-hydroxylation sites is 1. The van der Waals surface area contributed by atoms with E-state index in [1.165, 1.54) is 0 Å². The molecule has 0 aliphatic heterocycles. The van der Waals surface area contributed by atoms with Gasteiger partial charge in [0.1, 0.15) is 5.75 Å². The van der Waals surface area contributed by atoms with Crippen LogP contribution in [-0.4, -0.2) is 24.1 Å².